The number of hydrogen-bond donors (Lipinski definition) is 2. The van der Waals surface area contributed by atoms with Gasteiger partial charge in [0.25, 0.3) is 0 Å². The van der Waals surface area contributed by atoms with E-state index < -0.39 is 0 Å². The summed E-state index contributed by atoms with van der Waals surface area (Å²) in [4.78, 5) is 19.2. The molecule has 2 amide bonds. The second-order valence-corrected chi connectivity index (χ2v) is 7.64. The van der Waals surface area contributed by atoms with Crippen LogP contribution in [0.5, 0.6) is 0 Å². The largest absolute Gasteiger partial charge is 0.379 e. The van der Waals surface area contributed by atoms with Gasteiger partial charge in [-0.05, 0) is 19.3 Å². The second-order valence-electron chi connectivity index (χ2n) is 6.78. The lowest BCUT2D eigenvalue weighted by atomic mass is 9.93. The quantitative estimate of drug-likeness (QED) is 0.852. The van der Waals surface area contributed by atoms with Crippen molar-refractivity contribution in [1.29, 1.82) is 0 Å². The monoisotopic (exact) mass is 376 g/mol. The number of carbonyl (C=O) groups is 1. The number of fused-ring (bicyclic) bond motifs is 1. The molecule has 0 radical (unpaired) electrons. The Hall–Kier alpha value is -1.97. The lowest BCUT2D eigenvalue weighted by Gasteiger charge is -2.25. The van der Waals surface area contributed by atoms with Crippen LogP contribution in [0.1, 0.15) is 35.8 Å². The zero-order valence-electron chi connectivity index (χ0n) is 14.9. The highest BCUT2D eigenvalue weighted by molar-refractivity contribution is 7.13. The van der Waals surface area contributed by atoms with Gasteiger partial charge in [0.2, 0.25) is 0 Å². The first-order chi connectivity index (χ1) is 12.7. The Morgan fingerprint density at radius 1 is 1.42 bits per heavy atom. The Kier molecular flexibility index (Phi) is 5.18. The van der Waals surface area contributed by atoms with E-state index in [9.17, 15) is 4.79 Å². The van der Waals surface area contributed by atoms with Gasteiger partial charge in [-0.1, -0.05) is 0 Å². The molecule has 2 aromatic rings. The van der Waals surface area contributed by atoms with Gasteiger partial charge in [-0.3, -0.25) is 14.9 Å². The van der Waals surface area contributed by atoms with Crippen LogP contribution in [-0.4, -0.2) is 52.0 Å². The van der Waals surface area contributed by atoms with Gasteiger partial charge < -0.3 is 10.1 Å². The SMILES string of the molecule is Cn1cc2c(n1)CCCC2NC(=O)Nc1nc(CN2CCOCC2)cs1. The van der Waals surface area contributed by atoms with Crippen molar-refractivity contribution in [2.75, 3.05) is 31.6 Å². The lowest BCUT2D eigenvalue weighted by molar-refractivity contribution is 0.0337. The molecule has 3 heterocycles. The molecule has 0 spiro atoms. The van der Waals surface area contributed by atoms with E-state index in [0.29, 0.717) is 5.13 Å². The fourth-order valence-electron chi connectivity index (χ4n) is 3.53. The molecule has 2 aliphatic rings. The van der Waals surface area contributed by atoms with E-state index in [2.05, 4.69) is 25.6 Å². The number of thiazole rings is 1. The van der Waals surface area contributed by atoms with Gasteiger partial charge in [-0.15, -0.1) is 11.3 Å². The van der Waals surface area contributed by atoms with Crippen LogP contribution >= 0.6 is 11.3 Å². The molecule has 1 atom stereocenters. The summed E-state index contributed by atoms with van der Waals surface area (Å²) in [5, 5.41) is 13.0. The number of morpholine rings is 1. The second kappa shape index (κ2) is 7.73. The minimum Gasteiger partial charge on any atom is -0.379 e. The van der Waals surface area contributed by atoms with Crippen molar-refractivity contribution in [2.45, 2.75) is 31.8 Å². The van der Waals surface area contributed by atoms with Crippen LogP contribution in [0.25, 0.3) is 0 Å². The zero-order valence-corrected chi connectivity index (χ0v) is 15.7. The Balaban J connectivity index is 1.32. The van der Waals surface area contributed by atoms with E-state index in [-0.39, 0.29) is 12.1 Å². The van der Waals surface area contributed by atoms with E-state index >= 15 is 0 Å². The molecule has 8 nitrogen and oxygen atoms in total. The summed E-state index contributed by atoms with van der Waals surface area (Å²) in [6.07, 6.45) is 4.96. The van der Waals surface area contributed by atoms with Crippen LogP contribution in [0.15, 0.2) is 11.6 Å². The first-order valence-electron chi connectivity index (χ1n) is 9.02. The minimum absolute atomic E-state index is 0.0141. The van der Waals surface area contributed by atoms with E-state index in [4.69, 9.17) is 4.74 Å². The van der Waals surface area contributed by atoms with Crippen LogP contribution in [0.2, 0.25) is 0 Å². The van der Waals surface area contributed by atoms with Crippen molar-refractivity contribution < 1.29 is 9.53 Å². The molecule has 140 valence electrons. The molecule has 1 saturated heterocycles. The first-order valence-corrected chi connectivity index (χ1v) is 9.90. The van der Waals surface area contributed by atoms with Gasteiger partial charge in [-0.25, -0.2) is 9.78 Å². The minimum atomic E-state index is -0.209. The van der Waals surface area contributed by atoms with Crippen LogP contribution in [0, 0.1) is 0 Å². The smallest absolute Gasteiger partial charge is 0.321 e. The molecule has 1 unspecified atom stereocenters. The predicted octanol–water partition coefficient (Wildman–Crippen LogP) is 1.91. The van der Waals surface area contributed by atoms with Crippen molar-refractivity contribution >= 4 is 22.5 Å². The molecular weight excluding hydrogens is 352 g/mol. The first kappa shape index (κ1) is 17.4. The highest BCUT2D eigenvalue weighted by atomic mass is 32.1. The number of aromatic nitrogens is 3. The number of urea groups is 1. The highest BCUT2D eigenvalue weighted by Gasteiger charge is 2.24. The van der Waals surface area contributed by atoms with Crippen molar-refractivity contribution in [3.8, 4) is 0 Å². The number of nitrogens with one attached hydrogen (secondary N) is 2. The standard InChI is InChI=1S/C17H24N6O2S/c1-22-10-13-14(3-2-4-15(13)21-22)19-16(24)20-17-18-12(11-26-17)9-23-5-7-25-8-6-23/h10-11,14H,2-9H2,1H3,(H2,18,19,20,24). The van der Waals surface area contributed by atoms with E-state index in [1.165, 1.54) is 11.3 Å². The number of carbonyl (C=O) groups excluding carboxylic acids is 1. The fraction of sp³-hybridized carbons (Fsp3) is 0.588. The lowest BCUT2D eigenvalue weighted by Crippen LogP contribution is -2.35. The number of nitrogens with zero attached hydrogens (tertiary/aromatic N) is 4. The molecule has 9 heteroatoms. The van der Waals surface area contributed by atoms with Gasteiger partial charge in [0.05, 0.1) is 30.6 Å². The average molecular weight is 376 g/mol. The number of amides is 2. The number of anilines is 1. The molecule has 0 saturated carbocycles. The maximum absolute atomic E-state index is 12.4. The van der Waals surface area contributed by atoms with E-state index in [1.54, 1.807) is 0 Å². The molecular formula is C17H24N6O2S. The maximum Gasteiger partial charge on any atom is 0.321 e. The molecule has 1 aliphatic carbocycles. The molecule has 26 heavy (non-hydrogen) atoms. The number of rotatable bonds is 4. The molecule has 0 aromatic carbocycles. The zero-order chi connectivity index (χ0) is 17.9. The highest BCUT2D eigenvalue weighted by Crippen LogP contribution is 2.28. The fourth-order valence-corrected chi connectivity index (χ4v) is 4.23. The van der Waals surface area contributed by atoms with Gasteiger partial charge in [0.15, 0.2) is 5.13 Å². The normalized spacial score (nSPS) is 20.6. The van der Waals surface area contributed by atoms with E-state index in [0.717, 1.165) is 69.1 Å². The summed E-state index contributed by atoms with van der Waals surface area (Å²) in [5.41, 5.74) is 3.20. The summed E-state index contributed by atoms with van der Waals surface area (Å²) in [7, 11) is 1.92. The van der Waals surface area contributed by atoms with Gasteiger partial charge in [0, 0.05) is 43.8 Å². The third-order valence-electron chi connectivity index (χ3n) is 4.79. The third-order valence-corrected chi connectivity index (χ3v) is 5.59. The summed E-state index contributed by atoms with van der Waals surface area (Å²) in [6.45, 7) is 4.20. The summed E-state index contributed by atoms with van der Waals surface area (Å²) in [5.74, 6) is 0. The molecule has 2 aromatic heterocycles. The van der Waals surface area contributed by atoms with Gasteiger partial charge >= 0.3 is 6.03 Å². The third kappa shape index (κ3) is 4.05. The molecule has 1 fully saturated rings. The number of ether oxygens (including phenoxy) is 1. The number of aryl methyl sites for hydroxylation is 2. The molecule has 0 bridgehead atoms. The maximum atomic E-state index is 12.4. The van der Waals surface area contributed by atoms with Crippen molar-refractivity contribution in [1.82, 2.24) is 25.0 Å². The van der Waals surface area contributed by atoms with Crippen LogP contribution in [0.4, 0.5) is 9.93 Å². The Bertz CT molecular complexity index is 767. The Labute approximate surface area is 156 Å². The predicted molar refractivity (Wildman–Crippen MR) is 99.3 cm³/mol. The van der Waals surface area contributed by atoms with Gasteiger partial charge in [0.1, 0.15) is 0 Å². The summed E-state index contributed by atoms with van der Waals surface area (Å²) < 4.78 is 7.18. The Morgan fingerprint density at radius 3 is 3.12 bits per heavy atom. The van der Waals surface area contributed by atoms with E-state index in [1.807, 2.05) is 23.3 Å². The van der Waals surface area contributed by atoms with Crippen LogP contribution < -0.4 is 10.6 Å². The summed E-state index contributed by atoms with van der Waals surface area (Å²) >= 11 is 1.46. The van der Waals surface area contributed by atoms with Crippen LogP contribution in [0.3, 0.4) is 0 Å². The average Bonchev–Trinajstić information content (AvgIpc) is 3.22. The van der Waals surface area contributed by atoms with Gasteiger partial charge in [-0.2, -0.15) is 5.10 Å². The van der Waals surface area contributed by atoms with Crippen LogP contribution in [-0.2, 0) is 24.8 Å². The summed E-state index contributed by atoms with van der Waals surface area (Å²) in [6, 6.07) is -0.195. The van der Waals surface area contributed by atoms with Crippen molar-refractivity contribution in [3.63, 3.8) is 0 Å². The van der Waals surface area contributed by atoms with Crippen molar-refractivity contribution in [2.24, 2.45) is 7.05 Å². The van der Waals surface area contributed by atoms with Crippen molar-refractivity contribution in [3.05, 3.63) is 28.5 Å². The molecule has 1 aliphatic heterocycles. The number of hydrogen-bond acceptors (Lipinski definition) is 6. The molecule has 2 N–H and O–H groups in total. The molecule has 4 rings (SSSR count). The Morgan fingerprint density at radius 2 is 2.27 bits per heavy atom. The topological polar surface area (TPSA) is 84.3 Å².